The van der Waals surface area contributed by atoms with E-state index in [1.807, 2.05) is 31.2 Å². The van der Waals surface area contributed by atoms with Crippen molar-refractivity contribution in [2.45, 2.75) is 24.3 Å². The molecule has 0 bridgehead atoms. The van der Waals surface area contributed by atoms with E-state index in [1.165, 1.54) is 18.0 Å². The van der Waals surface area contributed by atoms with Crippen LogP contribution < -0.4 is 5.73 Å². The number of carbonyl (C=O) groups excluding carboxylic acids is 1. The molecule has 0 aliphatic heterocycles. The van der Waals surface area contributed by atoms with Gasteiger partial charge in [0, 0.05) is 16.5 Å². The maximum atomic E-state index is 11.7. The lowest BCUT2D eigenvalue weighted by atomic mass is 10.2. The molecule has 0 spiro atoms. The summed E-state index contributed by atoms with van der Waals surface area (Å²) in [6, 6.07) is 7.60. The van der Waals surface area contributed by atoms with Crippen LogP contribution in [0, 0.1) is 0 Å². The maximum absolute atomic E-state index is 11.7. The number of nitrogens with zero attached hydrogens (tertiary/aromatic N) is 2. The Morgan fingerprint density at radius 2 is 2.18 bits per heavy atom. The third kappa shape index (κ3) is 3.90. The van der Waals surface area contributed by atoms with Gasteiger partial charge >= 0.3 is 5.97 Å². The summed E-state index contributed by atoms with van der Waals surface area (Å²) in [4.78, 5) is 20.0. The summed E-state index contributed by atoms with van der Waals surface area (Å²) in [7, 11) is 0. The minimum atomic E-state index is -0.518. The molecule has 1 aromatic heterocycles. The van der Waals surface area contributed by atoms with Crippen LogP contribution in [-0.2, 0) is 4.74 Å². The summed E-state index contributed by atoms with van der Waals surface area (Å²) in [5.41, 5.74) is 6.97. The summed E-state index contributed by atoms with van der Waals surface area (Å²) >= 11 is 7.60. The number of anilines is 1. The van der Waals surface area contributed by atoms with Crippen molar-refractivity contribution in [3.63, 3.8) is 0 Å². The SMILES string of the molecule is CCOC(=O)c1cnc(SC(C)c2ccccc2Cl)nc1N. The Balaban J connectivity index is 2.16. The number of hydrogen-bond acceptors (Lipinski definition) is 6. The second-order valence-corrected chi connectivity index (χ2v) is 6.17. The summed E-state index contributed by atoms with van der Waals surface area (Å²) in [6.07, 6.45) is 1.39. The summed E-state index contributed by atoms with van der Waals surface area (Å²) in [5.74, 6) is -0.405. The Morgan fingerprint density at radius 1 is 1.45 bits per heavy atom. The fraction of sp³-hybridized carbons (Fsp3) is 0.267. The number of halogens is 1. The summed E-state index contributed by atoms with van der Waals surface area (Å²) in [6.45, 7) is 4.01. The molecule has 0 aliphatic carbocycles. The van der Waals surface area contributed by atoms with Crippen LogP contribution in [0.2, 0.25) is 5.02 Å². The van der Waals surface area contributed by atoms with E-state index in [0.29, 0.717) is 10.2 Å². The molecule has 2 N–H and O–H groups in total. The number of aromatic nitrogens is 2. The van der Waals surface area contributed by atoms with Gasteiger partial charge in [0.25, 0.3) is 0 Å². The zero-order chi connectivity index (χ0) is 16.1. The van der Waals surface area contributed by atoms with Crippen LogP contribution in [0.15, 0.2) is 35.6 Å². The van der Waals surface area contributed by atoms with E-state index in [0.717, 1.165) is 5.56 Å². The number of benzene rings is 1. The van der Waals surface area contributed by atoms with Crippen molar-refractivity contribution in [3.05, 3.63) is 46.6 Å². The van der Waals surface area contributed by atoms with Crippen molar-refractivity contribution in [2.24, 2.45) is 0 Å². The Hall–Kier alpha value is -1.79. The second-order valence-electron chi connectivity index (χ2n) is 4.45. The van der Waals surface area contributed by atoms with E-state index in [4.69, 9.17) is 22.1 Å². The first kappa shape index (κ1) is 16.6. The lowest BCUT2D eigenvalue weighted by molar-refractivity contribution is 0.0526. The van der Waals surface area contributed by atoms with Crippen LogP contribution in [0.5, 0.6) is 0 Å². The number of carbonyl (C=O) groups is 1. The molecular weight excluding hydrogens is 322 g/mol. The Morgan fingerprint density at radius 3 is 2.82 bits per heavy atom. The molecule has 0 saturated carbocycles. The fourth-order valence-electron chi connectivity index (χ4n) is 1.83. The lowest BCUT2D eigenvalue weighted by Gasteiger charge is -2.12. The highest BCUT2D eigenvalue weighted by Gasteiger charge is 2.16. The van der Waals surface area contributed by atoms with E-state index >= 15 is 0 Å². The molecule has 1 unspecified atom stereocenters. The Bertz CT molecular complexity index is 682. The number of esters is 1. The molecule has 0 fully saturated rings. The molecule has 116 valence electrons. The predicted molar refractivity (Wildman–Crippen MR) is 88.1 cm³/mol. The van der Waals surface area contributed by atoms with Gasteiger partial charge in [-0.2, -0.15) is 0 Å². The van der Waals surface area contributed by atoms with E-state index in [-0.39, 0.29) is 23.2 Å². The van der Waals surface area contributed by atoms with E-state index in [1.54, 1.807) is 6.92 Å². The molecule has 22 heavy (non-hydrogen) atoms. The first-order valence-corrected chi connectivity index (χ1v) is 7.99. The van der Waals surface area contributed by atoms with Crippen LogP contribution >= 0.6 is 23.4 Å². The van der Waals surface area contributed by atoms with Crippen molar-refractivity contribution < 1.29 is 9.53 Å². The molecule has 0 radical (unpaired) electrons. The van der Waals surface area contributed by atoms with Gasteiger partial charge in [0.15, 0.2) is 5.16 Å². The van der Waals surface area contributed by atoms with Crippen LogP contribution in [0.4, 0.5) is 5.82 Å². The first-order valence-electron chi connectivity index (χ1n) is 6.73. The van der Waals surface area contributed by atoms with Gasteiger partial charge < -0.3 is 10.5 Å². The molecule has 0 aliphatic rings. The third-order valence-corrected chi connectivity index (χ3v) is 4.28. The normalized spacial score (nSPS) is 12.0. The van der Waals surface area contributed by atoms with Crippen molar-refractivity contribution in [1.82, 2.24) is 9.97 Å². The number of hydrogen-bond donors (Lipinski definition) is 1. The molecule has 1 atom stereocenters. The van der Waals surface area contributed by atoms with Crippen molar-refractivity contribution in [2.75, 3.05) is 12.3 Å². The molecule has 2 rings (SSSR count). The summed E-state index contributed by atoms with van der Waals surface area (Å²) in [5, 5.41) is 1.23. The Labute approximate surface area is 138 Å². The van der Waals surface area contributed by atoms with Gasteiger partial charge in [-0.1, -0.05) is 41.6 Å². The van der Waals surface area contributed by atoms with Crippen LogP contribution in [0.25, 0.3) is 0 Å². The summed E-state index contributed by atoms with van der Waals surface area (Å²) < 4.78 is 4.89. The van der Waals surface area contributed by atoms with Gasteiger partial charge in [0.05, 0.1) is 6.61 Å². The van der Waals surface area contributed by atoms with Gasteiger partial charge in [-0.25, -0.2) is 14.8 Å². The second kappa shape index (κ2) is 7.47. The molecular formula is C15H16ClN3O2S. The van der Waals surface area contributed by atoms with Gasteiger partial charge in [0.1, 0.15) is 11.4 Å². The highest BCUT2D eigenvalue weighted by atomic mass is 35.5. The van der Waals surface area contributed by atoms with Gasteiger partial charge in [0.2, 0.25) is 0 Å². The minimum Gasteiger partial charge on any atom is -0.462 e. The topological polar surface area (TPSA) is 78.1 Å². The van der Waals surface area contributed by atoms with E-state index < -0.39 is 5.97 Å². The fourth-order valence-corrected chi connectivity index (χ4v) is 3.10. The lowest BCUT2D eigenvalue weighted by Crippen LogP contribution is -2.10. The standard InChI is InChI=1S/C15H16ClN3O2S/c1-3-21-14(20)11-8-18-15(19-13(11)17)22-9(2)10-6-4-5-7-12(10)16/h4-9H,3H2,1-2H3,(H2,17,18,19). The minimum absolute atomic E-state index is 0.0570. The van der Waals surface area contributed by atoms with Crippen molar-refractivity contribution in [3.8, 4) is 0 Å². The maximum Gasteiger partial charge on any atom is 0.343 e. The quantitative estimate of drug-likeness (QED) is 0.508. The average molecular weight is 338 g/mol. The average Bonchev–Trinajstić information content (AvgIpc) is 2.47. The van der Waals surface area contributed by atoms with Crippen molar-refractivity contribution >= 4 is 35.1 Å². The van der Waals surface area contributed by atoms with Crippen LogP contribution in [-0.4, -0.2) is 22.5 Å². The highest BCUT2D eigenvalue weighted by Crippen LogP contribution is 2.36. The molecule has 2 aromatic rings. The van der Waals surface area contributed by atoms with Crippen LogP contribution in [0.3, 0.4) is 0 Å². The number of nitrogen functional groups attached to an aromatic ring is 1. The third-order valence-electron chi connectivity index (χ3n) is 2.92. The zero-order valence-electron chi connectivity index (χ0n) is 12.2. The Kier molecular flexibility index (Phi) is 5.63. The van der Waals surface area contributed by atoms with Gasteiger partial charge in [-0.15, -0.1) is 0 Å². The van der Waals surface area contributed by atoms with Crippen molar-refractivity contribution in [1.29, 1.82) is 0 Å². The molecule has 5 nitrogen and oxygen atoms in total. The number of ether oxygens (including phenoxy) is 1. The van der Waals surface area contributed by atoms with Gasteiger partial charge in [-0.3, -0.25) is 0 Å². The highest BCUT2D eigenvalue weighted by molar-refractivity contribution is 7.99. The first-order chi connectivity index (χ1) is 10.5. The van der Waals surface area contributed by atoms with E-state index in [2.05, 4.69) is 9.97 Å². The monoisotopic (exact) mass is 337 g/mol. The zero-order valence-corrected chi connectivity index (χ0v) is 13.8. The molecule has 0 saturated heterocycles. The predicted octanol–water partition coefficient (Wildman–Crippen LogP) is 3.74. The molecule has 1 heterocycles. The smallest absolute Gasteiger partial charge is 0.343 e. The largest absolute Gasteiger partial charge is 0.462 e. The molecule has 0 amide bonds. The molecule has 7 heteroatoms. The van der Waals surface area contributed by atoms with E-state index in [9.17, 15) is 4.79 Å². The van der Waals surface area contributed by atoms with Gasteiger partial charge in [-0.05, 0) is 25.5 Å². The molecule has 1 aromatic carbocycles. The number of thioether (sulfide) groups is 1. The number of nitrogens with two attached hydrogens (primary N) is 1. The number of rotatable bonds is 5. The van der Waals surface area contributed by atoms with Crippen LogP contribution in [0.1, 0.15) is 35.0 Å².